The van der Waals surface area contributed by atoms with Gasteiger partial charge in [0.15, 0.2) is 17.6 Å². The Labute approximate surface area is 102 Å². The minimum atomic E-state index is -0.00944. The van der Waals surface area contributed by atoms with E-state index >= 15 is 0 Å². The molecule has 4 heteroatoms. The number of likely N-dealkylation sites (N-methyl/N-ethyl adjacent to an activating group) is 1. The molecule has 2 rings (SSSR count). The van der Waals surface area contributed by atoms with Crippen molar-refractivity contribution in [3.8, 4) is 11.5 Å². The summed E-state index contributed by atoms with van der Waals surface area (Å²) >= 11 is 0. The smallest absolute Gasteiger partial charge is 0.161 e. The molecule has 94 valence electrons. The molecule has 1 aromatic rings. The lowest BCUT2D eigenvalue weighted by molar-refractivity contribution is 0.0330. The fraction of sp³-hybridized carbons (Fsp3) is 0.538. The Hall–Kier alpha value is -1.26. The van der Waals surface area contributed by atoms with Gasteiger partial charge in [-0.3, -0.25) is 0 Å². The normalized spacial score (nSPS) is 20.0. The van der Waals surface area contributed by atoms with Crippen LogP contribution in [0.3, 0.4) is 0 Å². The largest absolute Gasteiger partial charge is 0.486 e. The Morgan fingerprint density at radius 3 is 2.88 bits per heavy atom. The molecule has 0 fully saturated rings. The molecule has 1 N–H and O–H groups in total. The van der Waals surface area contributed by atoms with Crippen LogP contribution in [-0.4, -0.2) is 39.0 Å². The molecule has 1 aromatic carbocycles. The van der Waals surface area contributed by atoms with Crippen LogP contribution in [0.2, 0.25) is 0 Å². The van der Waals surface area contributed by atoms with Crippen LogP contribution in [0.4, 0.5) is 0 Å². The Kier molecular flexibility index (Phi) is 4.23. The molecule has 0 amide bonds. The Bertz CT molecular complexity index is 350. The maximum atomic E-state index is 5.93. The monoisotopic (exact) mass is 237 g/mol. The summed E-state index contributed by atoms with van der Waals surface area (Å²) in [6.45, 7) is 4.12. The van der Waals surface area contributed by atoms with Gasteiger partial charge in [0.2, 0.25) is 0 Å². The number of hydrogen-bond acceptors (Lipinski definition) is 4. The van der Waals surface area contributed by atoms with E-state index in [4.69, 9.17) is 14.2 Å². The summed E-state index contributed by atoms with van der Waals surface area (Å²) < 4.78 is 16.8. The van der Waals surface area contributed by atoms with Gasteiger partial charge in [-0.2, -0.15) is 0 Å². The van der Waals surface area contributed by atoms with Gasteiger partial charge in [0.1, 0.15) is 6.61 Å². The Balaban J connectivity index is 2.04. The third-order valence-electron chi connectivity index (χ3n) is 2.79. The van der Waals surface area contributed by atoms with Crippen molar-refractivity contribution in [2.45, 2.75) is 19.1 Å². The van der Waals surface area contributed by atoms with E-state index in [-0.39, 0.29) is 12.1 Å². The van der Waals surface area contributed by atoms with Gasteiger partial charge in [-0.05, 0) is 18.7 Å². The van der Waals surface area contributed by atoms with Gasteiger partial charge in [0.05, 0.1) is 12.6 Å². The first kappa shape index (κ1) is 12.2. The lowest BCUT2D eigenvalue weighted by atomic mass is 10.1. The van der Waals surface area contributed by atoms with Gasteiger partial charge in [-0.1, -0.05) is 19.1 Å². The summed E-state index contributed by atoms with van der Waals surface area (Å²) in [6, 6.07) is 7.89. The van der Waals surface area contributed by atoms with Crippen LogP contribution in [0.25, 0.3) is 0 Å². The summed E-state index contributed by atoms with van der Waals surface area (Å²) in [4.78, 5) is 0. The van der Waals surface area contributed by atoms with Crippen molar-refractivity contribution < 1.29 is 14.2 Å². The van der Waals surface area contributed by atoms with Gasteiger partial charge in [0, 0.05) is 7.11 Å². The van der Waals surface area contributed by atoms with Gasteiger partial charge in [-0.25, -0.2) is 0 Å². The van der Waals surface area contributed by atoms with Crippen LogP contribution in [0, 0.1) is 0 Å². The molecule has 4 nitrogen and oxygen atoms in total. The lowest BCUT2D eigenvalue weighted by Crippen LogP contribution is -2.50. The zero-order valence-electron chi connectivity index (χ0n) is 10.3. The van der Waals surface area contributed by atoms with Crippen LogP contribution >= 0.6 is 0 Å². The van der Waals surface area contributed by atoms with Crippen LogP contribution in [0.5, 0.6) is 11.5 Å². The van der Waals surface area contributed by atoms with Crippen molar-refractivity contribution in [1.29, 1.82) is 0 Å². The Morgan fingerprint density at radius 1 is 1.41 bits per heavy atom. The van der Waals surface area contributed by atoms with E-state index in [1.807, 2.05) is 24.3 Å². The maximum Gasteiger partial charge on any atom is 0.161 e. The minimum Gasteiger partial charge on any atom is -0.486 e. The van der Waals surface area contributed by atoms with Crippen molar-refractivity contribution in [1.82, 2.24) is 5.32 Å². The second-order valence-electron chi connectivity index (χ2n) is 4.03. The predicted molar refractivity (Wildman–Crippen MR) is 65.7 cm³/mol. The highest BCUT2D eigenvalue weighted by atomic mass is 16.6. The number of benzene rings is 1. The molecule has 2 atom stereocenters. The molecule has 0 saturated heterocycles. The summed E-state index contributed by atoms with van der Waals surface area (Å²) in [5.74, 6) is 1.62. The van der Waals surface area contributed by atoms with E-state index in [2.05, 4.69) is 12.2 Å². The quantitative estimate of drug-likeness (QED) is 0.841. The van der Waals surface area contributed by atoms with E-state index in [1.165, 1.54) is 0 Å². The molecule has 17 heavy (non-hydrogen) atoms. The molecule has 0 saturated carbocycles. The highest BCUT2D eigenvalue weighted by Crippen LogP contribution is 2.31. The number of rotatable bonds is 5. The fourth-order valence-corrected chi connectivity index (χ4v) is 1.97. The van der Waals surface area contributed by atoms with E-state index in [0.29, 0.717) is 13.2 Å². The van der Waals surface area contributed by atoms with Crippen molar-refractivity contribution >= 4 is 0 Å². The van der Waals surface area contributed by atoms with Gasteiger partial charge in [0.25, 0.3) is 0 Å². The number of hydrogen-bond donors (Lipinski definition) is 1. The average molecular weight is 237 g/mol. The van der Waals surface area contributed by atoms with Crippen molar-refractivity contribution in [2.75, 3.05) is 26.9 Å². The van der Waals surface area contributed by atoms with Gasteiger partial charge in [-0.15, -0.1) is 0 Å². The van der Waals surface area contributed by atoms with Crippen LogP contribution in [-0.2, 0) is 4.74 Å². The van der Waals surface area contributed by atoms with Gasteiger partial charge >= 0.3 is 0 Å². The maximum absolute atomic E-state index is 5.93. The molecule has 0 aromatic heterocycles. The predicted octanol–water partition coefficient (Wildman–Crippen LogP) is 1.45. The SMILES string of the molecule is CCNC(COC)C1COc2ccccc2O1. The highest BCUT2D eigenvalue weighted by molar-refractivity contribution is 5.40. The number of nitrogens with one attached hydrogen (secondary N) is 1. The first-order chi connectivity index (χ1) is 8.35. The van der Waals surface area contributed by atoms with Crippen LogP contribution < -0.4 is 14.8 Å². The zero-order chi connectivity index (χ0) is 12.1. The average Bonchev–Trinajstić information content (AvgIpc) is 2.38. The minimum absolute atomic E-state index is 0.00944. The second-order valence-corrected chi connectivity index (χ2v) is 4.03. The third kappa shape index (κ3) is 2.90. The summed E-state index contributed by atoms with van der Waals surface area (Å²) in [6.07, 6.45) is -0.00944. The molecule has 1 aliphatic rings. The zero-order valence-corrected chi connectivity index (χ0v) is 10.3. The molecule has 1 aliphatic heterocycles. The topological polar surface area (TPSA) is 39.7 Å². The summed E-state index contributed by atoms with van der Waals surface area (Å²) in [7, 11) is 1.70. The molecule has 1 heterocycles. The number of fused-ring (bicyclic) bond motifs is 1. The van der Waals surface area contributed by atoms with Crippen LogP contribution in [0.15, 0.2) is 24.3 Å². The second kappa shape index (κ2) is 5.89. The fourth-order valence-electron chi connectivity index (χ4n) is 1.97. The third-order valence-corrected chi connectivity index (χ3v) is 2.79. The van der Waals surface area contributed by atoms with Gasteiger partial charge < -0.3 is 19.5 Å². The van der Waals surface area contributed by atoms with Crippen molar-refractivity contribution in [3.05, 3.63) is 24.3 Å². The first-order valence-corrected chi connectivity index (χ1v) is 5.96. The van der Waals surface area contributed by atoms with Crippen molar-refractivity contribution in [3.63, 3.8) is 0 Å². The van der Waals surface area contributed by atoms with Crippen LogP contribution in [0.1, 0.15) is 6.92 Å². The van der Waals surface area contributed by atoms with E-state index in [1.54, 1.807) is 7.11 Å². The molecule has 0 aliphatic carbocycles. The number of ether oxygens (including phenoxy) is 3. The molecular formula is C13H19NO3. The molecule has 2 unspecified atom stereocenters. The molecule has 0 bridgehead atoms. The van der Waals surface area contributed by atoms with E-state index in [0.717, 1.165) is 18.0 Å². The van der Waals surface area contributed by atoms with E-state index < -0.39 is 0 Å². The standard InChI is InChI=1S/C13H19NO3/c1-3-14-10(8-15-2)13-9-16-11-6-4-5-7-12(11)17-13/h4-7,10,13-14H,3,8-9H2,1-2H3. The molecule has 0 radical (unpaired) electrons. The Morgan fingerprint density at radius 2 is 2.18 bits per heavy atom. The highest BCUT2D eigenvalue weighted by Gasteiger charge is 2.28. The summed E-state index contributed by atoms with van der Waals surface area (Å²) in [5, 5.41) is 3.35. The summed E-state index contributed by atoms with van der Waals surface area (Å²) in [5.41, 5.74) is 0. The molecular weight excluding hydrogens is 218 g/mol. The van der Waals surface area contributed by atoms with Crippen molar-refractivity contribution in [2.24, 2.45) is 0 Å². The number of methoxy groups -OCH3 is 1. The lowest BCUT2D eigenvalue weighted by Gasteiger charge is -2.32. The number of para-hydroxylation sites is 2. The first-order valence-electron chi connectivity index (χ1n) is 5.96. The van der Waals surface area contributed by atoms with E-state index in [9.17, 15) is 0 Å². The molecule has 0 spiro atoms.